The van der Waals surface area contributed by atoms with E-state index in [0.29, 0.717) is 16.5 Å². The molecule has 0 aliphatic heterocycles. The van der Waals surface area contributed by atoms with E-state index in [-0.39, 0.29) is 15.9 Å². The molecule has 0 heterocycles. The zero-order valence-corrected chi connectivity index (χ0v) is 20.2. The third kappa shape index (κ3) is 2.63. The van der Waals surface area contributed by atoms with E-state index in [1.165, 1.54) is 43.3 Å². The van der Waals surface area contributed by atoms with Crippen LogP contribution in [-0.4, -0.2) is 39.2 Å². The first kappa shape index (κ1) is 20.8. The average Bonchev–Trinajstić information content (AvgIpc) is 2.71. The monoisotopic (exact) mass is 370 g/mol. The Bertz CT molecular complexity index is 804. The molecule has 0 amide bonds. The highest BCUT2D eigenvalue weighted by molar-refractivity contribution is 6.42. The predicted octanol–water partition coefficient (Wildman–Crippen LogP) is 1.86. The minimum absolute atomic E-state index is 0.177. The molecule has 0 aromatic carbocycles. The van der Waals surface area contributed by atoms with E-state index < -0.39 is 0 Å². The van der Waals surface area contributed by atoms with Crippen molar-refractivity contribution in [3.05, 3.63) is 35.5 Å². The molecule has 4 aliphatic carbocycles. The zero-order valence-electron chi connectivity index (χ0n) is 20.2. The van der Waals surface area contributed by atoms with Crippen LogP contribution >= 0.6 is 0 Å². The van der Waals surface area contributed by atoms with Gasteiger partial charge >= 0.3 is 0 Å². The van der Waals surface area contributed by atoms with Gasteiger partial charge in [-0.1, -0.05) is 73.9 Å². The van der Waals surface area contributed by atoms with Crippen LogP contribution in [0.3, 0.4) is 0 Å². The van der Waals surface area contributed by atoms with Gasteiger partial charge in [0.15, 0.2) is 0 Å². The molecule has 0 nitrogen and oxygen atoms in total. The number of hydrogen-bond acceptors (Lipinski definition) is 0. The van der Waals surface area contributed by atoms with Crippen LogP contribution in [0.25, 0.3) is 0 Å². The van der Waals surface area contributed by atoms with Crippen LogP contribution in [0.1, 0.15) is 59.8 Å². The van der Waals surface area contributed by atoms with Gasteiger partial charge in [-0.3, -0.25) is 0 Å². The molecule has 6 unspecified atom stereocenters. The first-order chi connectivity index (χ1) is 12.5. The highest BCUT2D eigenvalue weighted by Crippen LogP contribution is 2.75. The standard InChI is InChI=1S/C23H39B5/c1-12-7-19(4)10-22(25,26)9-16(19)15-8-21(6,24)18-13(2)14(3)23(27,28)11-20(18,5)17(12)15/h15-17H,1,3,7-11,24-28H2,2,4-6H3. The molecule has 0 N–H and O–H groups in total. The Morgan fingerprint density at radius 3 is 2.14 bits per heavy atom. The molecule has 146 valence electrons. The van der Waals surface area contributed by atoms with E-state index >= 15 is 0 Å². The Balaban J connectivity index is 1.90. The number of hydrogen-bond donors (Lipinski definition) is 0. The van der Waals surface area contributed by atoms with Gasteiger partial charge in [-0.15, -0.1) is 0 Å². The molecular weight excluding hydrogens is 330 g/mol. The molecule has 0 spiro atoms. The van der Waals surface area contributed by atoms with Crippen molar-refractivity contribution in [1.82, 2.24) is 0 Å². The van der Waals surface area contributed by atoms with Crippen LogP contribution in [0.15, 0.2) is 35.5 Å². The minimum Gasteiger partial charge on any atom is -0.0995 e. The summed E-state index contributed by atoms with van der Waals surface area (Å²) in [6.07, 6.45) is 6.56. The summed E-state index contributed by atoms with van der Waals surface area (Å²) in [6, 6.07) is 0. The van der Waals surface area contributed by atoms with Gasteiger partial charge in [0.05, 0.1) is 15.7 Å². The summed E-state index contributed by atoms with van der Waals surface area (Å²) in [4.78, 5) is 0. The molecule has 3 saturated carbocycles. The van der Waals surface area contributed by atoms with Crippen LogP contribution in [0.5, 0.6) is 0 Å². The van der Waals surface area contributed by atoms with Crippen LogP contribution in [0.2, 0.25) is 15.7 Å². The van der Waals surface area contributed by atoms with Gasteiger partial charge < -0.3 is 0 Å². The van der Waals surface area contributed by atoms with Crippen LogP contribution in [-0.2, 0) is 0 Å². The van der Waals surface area contributed by atoms with Crippen molar-refractivity contribution in [2.75, 3.05) is 0 Å². The normalized spacial score (nSPS) is 49.4. The topological polar surface area (TPSA) is 0 Å². The maximum atomic E-state index is 4.78. The molecule has 0 bridgehead atoms. The van der Waals surface area contributed by atoms with E-state index in [4.69, 9.17) is 6.58 Å². The molecule has 28 heavy (non-hydrogen) atoms. The largest absolute Gasteiger partial charge is 0.114 e. The second kappa shape index (κ2) is 5.61. The van der Waals surface area contributed by atoms with Gasteiger partial charge in [0, 0.05) is 0 Å². The molecule has 3 fully saturated rings. The summed E-state index contributed by atoms with van der Waals surface area (Å²) in [6.45, 7) is 19.4. The average molecular weight is 370 g/mol. The van der Waals surface area contributed by atoms with E-state index in [0.717, 1.165) is 11.8 Å². The Labute approximate surface area is 178 Å². The molecule has 0 aromatic rings. The summed E-state index contributed by atoms with van der Waals surface area (Å²) in [5.41, 5.74) is 6.85. The second-order valence-electron chi connectivity index (χ2n) is 13.8. The zero-order chi connectivity index (χ0) is 21.1. The fourth-order valence-electron chi connectivity index (χ4n) is 9.78. The van der Waals surface area contributed by atoms with Crippen molar-refractivity contribution in [1.29, 1.82) is 0 Å². The summed E-state index contributed by atoms with van der Waals surface area (Å²) in [5, 5.41) is 0.909. The smallest absolute Gasteiger partial charge is 0.0995 e. The third-order valence-corrected chi connectivity index (χ3v) is 9.70. The van der Waals surface area contributed by atoms with Crippen molar-refractivity contribution in [3.63, 3.8) is 0 Å². The molecule has 0 saturated heterocycles. The van der Waals surface area contributed by atoms with E-state index in [2.05, 4.69) is 73.5 Å². The van der Waals surface area contributed by atoms with Crippen LogP contribution in [0, 0.1) is 28.6 Å². The summed E-state index contributed by atoms with van der Waals surface area (Å²) in [7, 11) is 12.4. The van der Waals surface area contributed by atoms with Gasteiger partial charge in [-0.2, -0.15) is 0 Å². The highest BCUT2D eigenvalue weighted by Gasteiger charge is 2.64. The second-order valence-corrected chi connectivity index (χ2v) is 13.8. The summed E-state index contributed by atoms with van der Waals surface area (Å²) in [5.74, 6) is 2.28. The molecule has 0 radical (unpaired) electrons. The molecule has 4 rings (SSSR count). The van der Waals surface area contributed by atoms with Gasteiger partial charge in [0.1, 0.15) is 23.5 Å². The molecular formula is C23H39B5. The summed E-state index contributed by atoms with van der Waals surface area (Å²) < 4.78 is 0. The van der Waals surface area contributed by atoms with E-state index in [1.807, 2.05) is 0 Å². The lowest BCUT2D eigenvalue weighted by molar-refractivity contribution is -0.00808. The van der Waals surface area contributed by atoms with E-state index in [9.17, 15) is 0 Å². The molecule has 6 atom stereocenters. The Morgan fingerprint density at radius 2 is 1.54 bits per heavy atom. The first-order valence-corrected chi connectivity index (χ1v) is 11.6. The van der Waals surface area contributed by atoms with Gasteiger partial charge in [0.25, 0.3) is 0 Å². The van der Waals surface area contributed by atoms with Crippen LogP contribution in [0.4, 0.5) is 0 Å². The SMILES string of the molecule is BC1(B)CC2C3CC(B)(C)C4=C(C)C(=C)C(B)(B)CC4(C)C3C(=C)CC2(C)C1. The van der Waals surface area contributed by atoms with Crippen molar-refractivity contribution in [2.24, 2.45) is 28.6 Å². The summed E-state index contributed by atoms with van der Waals surface area (Å²) >= 11 is 0. The lowest BCUT2D eigenvalue weighted by atomic mass is 9.32. The fourth-order valence-corrected chi connectivity index (χ4v) is 9.78. The Morgan fingerprint density at radius 1 is 0.929 bits per heavy atom. The van der Waals surface area contributed by atoms with Gasteiger partial charge in [0.2, 0.25) is 0 Å². The van der Waals surface area contributed by atoms with E-state index in [1.54, 1.807) is 11.1 Å². The quantitative estimate of drug-likeness (QED) is 0.452. The Kier molecular flexibility index (Phi) is 4.17. The number of allylic oxidation sites excluding steroid dienone is 4. The molecule has 4 aliphatic rings. The van der Waals surface area contributed by atoms with Crippen molar-refractivity contribution < 1.29 is 0 Å². The number of rotatable bonds is 0. The van der Waals surface area contributed by atoms with Crippen molar-refractivity contribution in [2.45, 2.75) is 75.5 Å². The fraction of sp³-hybridized carbons (Fsp3) is 0.739. The molecule has 5 heteroatoms. The first-order valence-electron chi connectivity index (χ1n) is 11.6. The van der Waals surface area contributed by atoms with Gasteiger partial charge in [-0.25, -0.2) is 0 Å². The maximum Gasteiger partial charge on any atom is 0.114 e. The predicted molar refractivity (Wildman–Crippen MR) is 137 cm³/mol. The van der Waals surface area contributed by atoms with Crippen molar-refractivity contribution in [3.8, 4) is 0 Å². The lowest BCUT2D eigenvalue weighted by Gasteiger charge is -2.65. The van der Waals surface area contributed by atoms with Crippen LogP contribution < -0.4 is 0 Å². The number of fused-ring (bicyclic) bond motifs is 5. The third-order valence-electron chi connectivity index (χ3n) is 9.70. The minimum atomic E-state index is 0.177. The molecule has 0 aromatic heterocycles. The van der Waals surface area contributed by atoms with Crippen molar-refractivity contribution >= 4 is 39.2 Å². The van der Waals surface area contributed by atoms with Gasteiger partial charge in [-0.05, 0) is 65.7 Å². The lowest BCUT2D eigenvalue weighted by Crippen LogP contribution is -2.55. The Hall–Kier alpha value is -0.455. The highest BCUT2D eigenvalue weighted by atomic mass is 14.7. The maximum absolute atomic E-state index is 4.78.